The number of benzene rings is 1. The second-order valence-corrected chi connectivity index (χ2v) is 7.64. The van der Waals surface area contributed by atoms with E-state index in [0.29, 0.717) is 16.9 Å². The molecule has 1 amide bonds. The molecule has 3 aromatic heterocycles. The lowest BCUT2D eigenvalue weighted by Gasteiger charge is -2.29. The van der Waals surface area contributed by atoms with Crippen molar-refractivity contribution >= 4 is 5.91 Å². The number of pyridine rings is 1. The van der Waals surface area contributed by atoms with E-state index in [0.717, 1.165) is 4.57 Å². The largest absolute Gasteiger partial charge is 0.424 e. The highest BCUT2D eigenvalue weighted by atomic mass is 19.4. The van der Waals surface area contributed by atoms with Crippen LogP contribution in [0.5, 0.6) is 0 Å². The van der Waals surface area contributed by atoms with Gasteiger partial charge in [0.1, 0.15) is 11.5 Å². The third kappa shape index (κ3) is 4.42. The number of para-hydroxylation sites is 1. The van der Waals surface area contributed by atoms with Crippen LogP contribution in [-0.2, 0) is 12.6 Å². The lowest BCUT2D eigenvalue weighted by molar-refractivity contribution is -0.272. The average Bonchev–Trinajstić information content (AvgIpc) is 3.46. The maximum Gasteiger partial charge on any atom is 0.424 e. The summed E-state index contributed by atoms with van der Waals surface area (Å²) in [4.78, 5) is 20.7. The molecule has 2 N–H and O–H groups in total. The second-order valence-electron chi connectivity index (χ2n) is 7.64. The summed E-state index contributed by atoms with van der Waals surface area (Å²) in [5, 5.41) is 17.4. The van der Waals surface area contributed by atoms with Crippen LogP contribution < -0.4 is 5.32 Å². The Hall–Kier alpha value is -3.99. The van der Waals surface area contributed by atoms with E-state index in [1.165, 1.54) is 36.5 Å². The van der Waals surface area contributed by atoms with Crippen LogP contribution in [0.2, 0.25) is 0 Å². The Morgan fingerprint density at radius 2 is 1.88 bits per heavy atom. The molecule has 0 aliphatic rings. The fourth-order valence-corrected chi connectivity index (χ4v) is 3.57. The number of carbonyl (C=O) groups is 1. The number of amides is 1. The van der Waals surface area contributed by atoms with Gasteiger partial charge in [-0.3, -0.25) is 9.78 Å². The molecule has 8 nitrogen and oxygen atoms in total. The molecule has 1 aromatic carbocycles. The monoisotopic (exact) mass is 470 g/mol. The van der Waals surface area contributed by atoms with Crippen LogP contribution in [0.4, 0.5) is 13.2 Å². The first-order valence-corrected chi connectivity index (χ1v) is 10.3. The highest BCUT2D eigenvalue weighted by Crippen LogP contribution is 2.40. The molecular formula is C23H21F3N6O2. The van der Waals surface area contributed by atoms with Gasteiger partial charge in [0.15, 0.2) is 0 Å². The predicted octanol–water partition coefficient (Wildman–Crippen LogP) is 3.24. The number of alkyl halides is 3. The van der Waals surface area contributed by atoms with Crippen LogP contribution in [-0.4, -0.2) is 48.1 Å². The first kappa shape index (κ1) is 23.2. The van der Waals surface area contributed by atoms with Gasteiger partial charge >= 0.3 is 6.18 Å². The van der Waals surface area contributed by atoms with Gasteiger partial charge in [-0.25, -0.2) is 9.67 Å². The Bertz CT molecular complexity index is 1270. The molecule has 3 heterocycles. The van der Waals surface area contributed by atoms with Gasteiger partial charge < -0.3 is 15.0 Å². The molecular weight excluding hydrogens is 449 g/mol. The first-order valence-electron chi connectivity index (χ1n) is 10.3. The fraction of sp³-hybridized carbons (Fsp3) is 0.217. The Balaban J connectivity index is 1.59. The average molecular weight is 470 g/mol. The topological polar surface area (TPSA) is 97.9 Å². The van der Waals surface area contributed by atoms with E-state index in [1.54, 1.807) is 30.5 Å². The fourth-order valence-electron chi connectivity index (χ4n) is 3.57. The molecule has 4 rings (SSSR count). The minimum absolute atomic E-state index is 0.157. The Kier molecular flexibility index (Phi) is 6.20. The number of aliphatic hydroxyl groups is 1. The summed E-state index contributed by atoms with van der Waals surface area (Å²) in [6, 6.07) is 12.5. The number of nitrogens with zero attached hydrogens (tertiary/aromatic N) is 5. The van der Waals surface area contributed by atoms with E-state index < -0.39 is 36.5 Å². The number of hydrogen-bond donors (Lipinski definition) is 2. The van der Waals surface area contributed by atoms with E-state index in [1.807, 2.05) is 18.2 Å². The molecule has 0 saturated carbocycles. The van der Waals surface area contributed by atoms with E-state index in [2.05, 4.69) is 20.4 Å². The number of aromatic nitrogens is 5. The molecule has 0 spiro atoms. The van der Waals surface area contributed by atoms with Crippen molar-refractivity contribution in [3.8, 4) is 16.9 Å². The number of nitrogens with one attached hydrogen (secondary N) is 1. The van der Waals surface area contributed by atoms with Gasteiger partial charge in [-0.05, 0) is 24.3 Å². The van der Waals surface area contributed by atoms with Crippen molar-refractivity contribution in [1.29, 1.82) is 0 Å². The number of imidazole rings is 1. The van der Waals surface area contributed by atoms with Crippen LogP contribution in [0.25, 0.3) is 16.9 Å². The first-order chi connectivity index (χ1) is 16.2. The molecule has 1 atom stereocenters. The third-order valence-electron chi connectivity index (χ3n) is 5.35. The lowest BCUT2D eigenvalue weighted by atomic mass is 9.97. The molecule has 176 valence electrons. The van der Waals surface area contributed by atoms with Gasteiger partial charge in [0.25, 0.3) is 5.91 Å². The van der Waals surface area contributed by atoms with Crippen molar-refractivity contribution in [1.82, 2.24) is 29.6 Å². The predicted molar refractivity (Wildman–Crippen MR) is 117 cm³/mol. The van der Waals surface area contributed by atoms with E-state index >= 15 is 0 Å². The molecule has 0 radical (unpaired) electrons. The van der Waals surface area contributed by atoms with Crippen LogP contribution >= 0.6 is 0 Å². The van der Waals surface area contributed by atoms with Crippen molar-refractivity contribution in [2.45, 2.75) is 18.2 Å². The molecule has 0 aliphatic heterocycles. The summed E-state index contributed by atoms with van der Waals surface area (Å²) in [5.74, 6) is -1.19. The van der Waals surface area contributed by atoms with Crippen LogP contribution in [0.3, 0.4) is 0 Å². The Labute approximate surface area is 192 Å². The van der Waals surface area contributed by atoms with E-state index in [4.69, 9.17) is 0 Å². The van der Waals surface area contributed by atoms with Crippen molar-refractivity contribution in [2.75, 3.05) is 6.54 Å². The summed E-state index contributed by atoms with van der Waals surface area (Å²) in [5.41, 5.74) is -1.47. The number of carbonyl (C=O) groups excluding carboxylic acids is 1. The van der Waals surface area contributed by atoms with Gasteiger partial charge in [0, 0.05) is 56.6 Å². The van der Waals surface area contributed by atoms with Crippen LogP contribution in [0.15, 0.2) is 73.4 Å². The number of aryl methyl sites for hydroxylation is 1. The summed E-state index contributed by atoms with van der Waals surface area (Å²) in [6.07, 6.45) is 1.29. The minimum atomic E-state index is -4.99. The molecule has 4 aromatic rings. The summed E-state index contributed by atoms with van der Waals surface area (Å²) in [7, 11) is 1.36. The molecule has 11 heteroatoms. The normalized spacial score (nSPS) is 13.4. The SMILES string of the molecule is Cn1ccnc1C(O)(CCNC(=O)c1cn(-c2ccccc2)nc1-c1cccnc1)C(F)(F)F. The second kappa shape index (κ2) is 9.10. The molecule has 1 unspecified atom stereocenters. The maximum atomic E-state index is 13.7. The standard InChI is InChI=1S/C23H21F3N6O2/c1-31-13-12-29-21(31)22(34,23(24,25)26)9-11-28-20(33)18-15-32(17-7-3-2-4-8-17)30-19(18)16-6-5-10-27-14-16/h2-8,10,12-15,34H,9,11H2,1H3,(H,28,33). The third-order valence-corrected chi connectivity index (χ3v) is 5.35. The van der Waals surface area contributed by atoms with Crippen molar-refractivity contribution in [2.24, 2.45) is 7.05 Å². The zero-order valence-corrected chi connectivity index (χ0v) is 18.1. The van der Waals surface area contributed by atoms with Gasteiger partial charge in [-0.15, -0.1) is 0 Å². The lowest BCUT2D eigenvalue weighted by Crippen LogP contribution is -2.46. The number of hydrogen-bond acceptors (Lipinski definition) is 5. The zero-order valence-electron chi connectivity index (χ0n) is 18.1. The molecule has 0 fully saturated rings. The molecule has 34 heavy (non-hydrogen) atoms. The summed E-state index contributed by atoms with van der Waals surface area (Å²) < 4.78 is 43.8. The van der Waals surface area contributed by atoms with E-state index in [-0.39, 0.29) is 5.56 Å². The van der Waals surface area contributed by atoms with Gasteiger partial charge in [0.2, 0.25) is 5.60 Å². The highest BCUT2D eigenvalue weighted by Gasteiger charge is 2.57. The molecule has 0 saturated heterocycles. The Morgan fingerprint density at radius 1 is 1.12 bits per heavy atom. The van der Waals surface area contributed by atoms with Crippen molar-refractivity contribution in [3.63, 3.8) is 0 Å². The highest BCUT2D eigenvalue weighted by molar-refractivity contribution is 5.99. The van der Waals surface area contributed by atoms with Gasteiger partial charge in [0.05, 0.1) is 11.3 Å². The van der Waals surface area contributed by atoms with Crippen molar-refractivity contribution in [3.05, 3.63) is 84.8 Å². The molecule has 0 bridgehead atoms. The van der Waals surface area contributed by atoms with Gasteiger partial charge in [-0.1, -0.05) is 18.2 Å². The smallest absolute Gasteiger partial charge is 0.374 e. The van der Waals surface area contributed by atoms with Gasteiger partial charge in [-0.2, -0.15) is 18.3 Å². The van der Waals surface area contributed by atoms with Crippen molar-refractivity contribution < 1.29 is 23.1 Å². The van der Waals surface area contributed by atoms with Crippen LogP contribution in [0.1, 0.15) is 22.6 Å². The number of halogens is 3. The Morgan fingerprint density at radius 3 is 2.50 bits per heavy atom. The molecule has 0 aliphatic carbocycles. The minimum Gasteiger partial charge on any atom is -0.374 e. The zero-order chi connectivity index (χ0) is 24.3. The quantitative estimate of drug-likeness (QED) is 0.432. The summed E-state index contributed by atoms with van der Waals surface area (Å²) >= 11 is 0. The van der Waals surface area contributed by atoms with Crippen LogP contribution in [0, 0.1) is 0 Å². The summed E-state index contributed by atoms with van der Waals surface area (Å²) in [6.45, 7) is -0.454. The number of rotatable bonds is 7. The maximum absolute atomic E-state index is 13.7. The van der Waals surface area contributed by atoms with E-state index in [9.17, 15) is 23.1 Å².